The molecule has 0 bridgehead atoms. The van der Waals surface area contributed by atoms with Gasteiger partial charge in [0.05, 0.1) is 0 Å². The van der Waals surface area contributed by atoms with Gasteiger partial charge in [0.2, 0.25) is 6.01 Å². The van der Waals surface area contributed by atoms with Crippen LogP contribution in [0.2, 0.25) is 0 Å². The molecule has 0 radical (unpaired) electrons. The lowest BCUT2D eigenvalue weighted by molar-refractivity contribution is -0.394. The fourth-order valence-electron chi connectivity index (χ4n) is 0.462. The zero-order valence-electron chi connectivity index (χ0n) is 7.71. The van der Waals surface area contributed by atoms with Gasteiger partial charge in [-0.3, -0.25) is 11.1 Å². The number of nitrogens with two attached hydrogens (primary N) is 3. The van der Waals surface area contributed by atoms with Gasteiger partial charge in [-0.1, -0.05) is 10.1 Å². The van der Waals surface area contributed by atoms with Gasteiger partial charge in [-0.2, -0.15) is 5.32 Å². The van der Waals surface area contributed by atoms with E-state index >= 15 is 0 Å². The van der Waals surface area contributed by atoms with Crippen molar-refractivity contribution in [1.82, 2.24) is 20.5 Å². The summed E-state index contributed by atoms with van der Waals surface area (Å²) in [6, 6.07) is -1.62. The number of amides is 2. The van der Waals surface area contributed by atoms with Crippen LogP contribution in [-0.4, -0.2) is 32.1 Å². The number of carbonyl (C=O) groups excluding carboxylic acids is 1. The number of aromatic nitrogens is 3. The van der Waals surface area contributed by atoms with Crippen molar-refractivity contribution in [3.8, 4) is 6.01 Å². The fourth-order valence-corrected chi connectivity index (χ4v) is 0.462. The minimum atomic E-state index is -0.873. The van der Waals surface area contributed by atoms with Gasteiger partial charge in [-0.25, -0.2) is 4.79 Å². The Hall–Kier alpha value is -2.92. The molecule has 0 aliphatic carbocycles. The number of guanidine groups is 1. The lowest BCUT2D eigenvalue weighted by atomic mass is 10.9. The summed E-state index contributed by atoms with van der Waals surface area (Å²) in [6.07, 6.45) is 0. The summed E-state index contributed by atoms with van der Waals surface area (Å²) < 4.78 is 0. The van der Waals surface area contributed by atoms with Crippen LogP contribution in [0.5, 0.6) is 6.01 Å². The highest BCUT2D eigenvalue weighted by Crippen LogP contribution is 2.01. The monoisotopic (exact) mass is 232 g/mol. The Morgan fingerprint density at radius 3 is 2.25 bits per heavy atom. The van der Waals surface area contributed by atoms with Crippen LogP contribution < -0.4 is 27.3 Å². The molecular weight excluding hydrogens is 224 g/mol. The van der Waals surface area contributed by atoms with Gasteiger partial charge in [0, 0.05) is 0 Å². The highest BCUT2D eigenvalue weighted by molar-refractivity contribution is 5.91. The van der Waals surface area contributed by atoms with E-state index in [0.29, 0.717) is 0 Å². The molecule has 0 aromatic carbocycles. The van der Waals surface area contributed by atoms with Gasteiger partial charge in [-0.05, 0) is 4.92 Å². The second-order valence-corrected chi connectivity index (χ2v) is 2.14. The molecule has 88 valence electrons. The molecular formula is C4H8N8O4. The quantitative estimate of drug-likeness (QED) is 0.138. The number of urea groups is 1. The smallest absolute Gasteiger partial charge is 0.452 e. The van der Waals surface area contributed by atoms with E-state index in [4.69, 9.17) is 11.1 Å². The molecule has 1 rings (SSSR count). The van der Waals surface area contributed by atoms with Gasteiger partial charge >= 0.3 is 17.9 Å². The van der Waals surface area contributed by atoms with Crippen molar-refractivity contribution in [3.63, 3.8) is 0 Å². The lowest BCUT2D eigenvalue weighted by Crippen LogP contribution is -2.57. The van der Waals surface area contributed by atoms with Gasteiger partial charge in [0.15, 0.2) is 0 Å². The minimum absolute atomic E-state index is 0.187. The minimum Gasteiger partial charge on any atom is -0.829 e. The van der Waals surface area contributed by atoms with Gasteiger partial charge in [-0.15, -0.1) is 5.10 Å². The predicted molar refractivity (Wildman–Crippen MR) is 46.3 cm³/mol. The van der Waals surface area contributed by atoms with E-state index in [1.807, 2.05) is 10.4 Å². The number of hydrogen-bond acceptors (Lipinski definition) is 6. The van der Waals surface area contributed by atoms with Crippen LogP contribution in [0.1, 0.15) is 0 Å². The molecule has 12 heteroatoms. The molecule has 1 aromatic heterocycles. The lowest BCUT2D eigenvalue weighted by Gasteiger charge is -1.84. The summed E-state index contributed by atoms with van der Waals surface area (Å²) in [7, 11) is 0. The number of primary amides is 1. The zero-order valence-corrected chi connectivity index (χ0v) is 7.71. The van der Waals surface area contributed by atoms with Gasteiger partial charge in [0.1, 0.15) is 0 Å². The van der Waals surface area contributed by atoms with Crippen molar-refractivity contribution in [1.29, 1.82) is 0 Å². The highest BCUT2D eigenvalue weighted by Gasteiger charge is 2.05. The molecule has 1 heterocycles. The van der Waals surface area contributed by atoms with E-state index in [9.17, 15) is 20.0 Å². The number of nitrogens with zero attached hydrogens (tertiary/aromatic N) is 3. The van der Waals surface area contributed by atoms with Crippen molar-refractivity contribution in [2.24, 2.45) is 11.5 Å². The first kappa shape index (κ1) is 13.1. The number of nitrogens with one attached hydrogen (secondary N) is 2. The molecule has 0 aliphatic rings. The Morgan fingerprint density at radius 2 is 2.12 bits per heavy atom. The zero-order chi connectivity index (χ0) is 12.7. The van der Waals surface area contributed by atoms with Crippen molar-refractivity contribution in [3.05, 3.63) is 10.1 Å². The molecule has 0 fully saturated rings. The maximum atomic E-state index is 10.0. The van der Waals surface area contributed by atoms with Crippen molar-refractivity contribution >= 4 is 17.9 Å². The molecule has 0 spiro atoms. The third-order valence-corrected chi connectivity index (χ3v) is 0.894. The molecule has 0 saturated carbocycles. The fraction of sp³-hybridized carbons (Fsp3) is 0. The third-order valence-electron chi connectivity index (χ3n) is 0.894. The van der Waals surface area contributed by atoms with Crippen molar-refractivity contribution in [2.75, 3.05) is 0 Å². The number of hydrogen-bond donors (Lipinski definition) is 5. The summed E-state index contributed by atoms with van der Waals surface area (Å²) >= 11 is 0. The first-order valence-electron chi connectivity index (χ1n) is 3.51. The normalized spacial score (nSPS) is 8.50. The number of rotatable bonds is 1. The predicted octanol–water partition coefficient (Wildman–Crippen LogP) is -4.49. The average Bonchev–Trinajstić information content (AvgIpc) is 2.50. The van der Waals surface area contributed by atoms with Crippen LogP contribution in [0.3, 0.4) is 0 Å². The van der Waals surface area contributed by atoms with Gasteiger partial charge in [0.25, 0.3) is 0 Å². The van der Waals surface area contributed by atoms with Crippen LogP contribution in [-0.2, 0) is 0 Å². The van der Waals surface area contributed by atoms with E-state index in [0.717, 1.165) is 0 Å². The molecule has 8 N–H and O–H groups in total. The van der Waals surface area contributed by atoms with E-state index in [-0.39, 0.29) is 5.96 Å². The van der Waals surface area contributed by atoms with Gasteiger partial charge < -0.3 is 21.0 Å². The molecule has 16 heavy (non-hydrogen) atoms. The topological polar surface area (TPSA) is 214 Å². The number of carbonyl (C=O) groups is 1. The third kappa shape index (κ3) is 5.68. The van der Waals surface area contributed by atoms with E-state index in [1.54, 1.807) is 0 Å². The Morgan fingerprint density at radius 1 is 1.56 bits per heavy atom. The van der Waals surface area contributed by atoms with Crippen LogP contribution >= 0.6 is 0 Å². The first-order valence-corrected chi connectivity index (χ1v) is 3.51. The molecule has 0 saturated heterocycles. The van der Waals surface area contributed by atoms with Crippen LogP contribution in [0, 0.1) is 10.1 Å². The molecule has 12 nitrogen and oxygen atoms in total. The summed E-state index contributed by atoms with van der Waals surface area (Å²) in [6.45, 7) is 0. The summed E-state index contributed by atoms with van der Waals surface area (Å²) in [5.74, 6) is -0.812. The Labute approximate surface area is 87.3 Å². The van der Waals surface area contributed by atoms with Crippen LogP contribution in [0.15, 0.2) is 0 Å². The molecule has 0 unspecified atom stereocenters. The maximum Gasteiger partial charge on any atom is 0.452 e. The standard InChI is InChI=1S/C2H2N4O3.C2H6N4O/c7-2-3-1(4-5-2)6(8)9;3-1(4)6-2(5)7/h(H2,3,4,5,7);(H6,3,4,5,6,7). The van der Waals surface area contributed by atoms with E-state index in [1.165, 1.54) is 0 Å². The van der Waals surface area contributed by atoms with E-state index in [2.05, 4.69) is 15.8 Å². The summed E-state index contributed by atoms with van der Waals surface area (Å²) in [4.78, 5) is 21.6. The molecule has 2 amide bonds. The first-order chi connectivity index (χ1) is 7.32. The molecule has 1 aromatic rings. The van der Waals surface area contributed by atoms with E-state index < -0.39 is 22.9 Å². The second kappa shape index (κ2) is 5.74. The number of nitro groups is 1. The van der Waals surface area contributed by atoms with Crippen molar-refractivity contribution in [2.45, 2.75) is 0 Å². The van der Waals surface area contributed by atoms with Crippen LogP contribution in [0.25, 0.3) is 0 Å². The Kier molecular flexibility index (Phi) is 4.69. The average molecular weight is 232 g/mol. The van der Waals surface area contributed by atoms with Crippen LogP contribution in [0.4, 0.5) is 10.7 Å². The number of H-pyrrole nitrogens is 1. The second-order valence-electron chi connectivity index (χ2n) is 2.14. The molecule has 0 aliphatic heterocycles. The largest absolute Gasteiger partial charge is 0.829 e. The molecule has 0 atom stereocenters. The summed E-state index contributed by atoms with van der Waals surface area (Å²) in [5, 5.41) is 31.2. The highest BCUT2D eigenvalue weighted by atomic mass is 16.6. The summed E-state index contributed by atoms with van der Waals surface area (Å²) in [5.41, 5.74) is 9.34. The SMILES string of the molecule is NC(=[NH2+])NC(N)=O.O=[N+]([O-])c1nc([O-])n[nH]1. The maximum absolute atomic E-state index is 10.0. The number of aromatic amines is 1. The Bertz CT molecular complexity index is 386. The Balaban J connectivity index is 0.000000293. The van der Waals surface area contributed by atoms with Crippen molar-refractivity contribution < 1.29 is 20.2 Å².